The van der Waals surface area contributed by atoms with Crippen molar-refractivity contribution in [3.05, 3.63) is 59.2 Å². The Balaban J connectivity index is 1.74. The summed E-state index contributed by atoms with van der Waals surface area (Å²) in [5, 5.41) is 0. The van der Waals surface area contributed by atoms with Crippen LogP contribution >= 0.6 is 0 Å². The maximum Gasteiger partial charge on any atom is 0.231 e. The van der Waals surface area contributed by atoms with Crippen molar-refractivity contribution in [1.29, 1.82) is 0 Å². The van der Waals surface area contributed by atoms with Gasteiger partial charge >= 0.3 is 0 Å². The second-order valence-electron chi connectivity index (χ2n) is 8.01. The summed E-state index contributed by atoms with van der Waals surface area (Å²) in [6, 6.07) is 13.5. The molecule has 0 aromatic heterocycles. The number of fused-ring (bicyclic) bond motifs is 2. The highest BCUT2D eigenvalue weighted by Gasteiger charge is 2.34. The van der Waals surface area contributed by atoms with Crippen LogP contribution in [-0.2, 0) is 17.8 Å². The van der Waals surface area contributed by atoms with Crippen LogP contribution in [0.1, 0.15) is 22.8 Å². The van der Waals surface area contributed by atoms with Gasteiger partial charge in [-0.2, -0.15) is 0 Å². The normalized spacial score (nSPS) is 13.6. The van der Waals surface area contributed by atoms with Crippen molar-refractivity contribution < 1.29 is 33.2 Å². The van der Waals surface area contributed by atoms with Gasteiger partial charge in [0.25, 0.3) is 0 Å². The predicted molar refractivity (Wildman–Crippen MR) is 133 cm³/mol. The molecule has 0 spiro atoms. The number of methoxy groups -OCH3 is 2. The van der Waals surface area contributed by atoms with E-state index in [0.29, 0.717) is 64.2 Å². The molecule has 0 aliphatic carbocycles. The van der Waals surface area contributed by atoms with E-state index in [4.69, 9.17) is 46.0 Å². The average molecular weight is 485 g/mol. The molecule has 0 saturated heterocycles. The Morgan fingerprint density at radius 1 is 0.861 bits per heavy atom. The van der Waals surface area contributed by atoms with E-state index < -0.39 is 6.10 Å². The van der Waals surface area contributed by atoms with Gasteiger partial charge in [-0.3, -0.25) is 0 Å². The van der Waals surface area contributed by atoms with Gasteiger partial charge in [0.15, 0.2) is 23.0 Å². The molecule has 0 amide bonds. The molecule has 7 nitrogen and oxygen atoms in total. The molecule has 36 heavy (non-hydrogen) atoms. The number of hydrogen-bond donors (Lipinski definition) is 0. The largest absolute Gasteiger partial charge is 0.492 e. The summed E-state index contributed by atoms with van der Waals surface area (Å²) in [6.45, 7) is 0.431. The van der Waals surface area contributed by atoms with Crippen LogP contribution in [-0.4, -0.2) is 27.8 Å². The SMILES string of the molecule is C#CCc1cc2c(c(OC)c1-c1c([C@H](C#C)OCc3ccccc3)cc3c(c1OC)OCO3)OCO2. The molecule has 0 fully saturated rings. The Bertz CT molecular complexity index is 1370. The molecule has 0 bridgehead atoms. The molecule has 5 rings (SSSR count). The Hall–Kier alpha value is -4.46. The highest BCUT2D eigenvalue weighted by Crippen LogP contribution is 2.57. The Kier molecular flexibility index (Phi) is 6.49. The third kappa shape index (κ3) is 4.00. The van der Waals surface area contributed by atoms with Crippen LogP contribution in [0.2, 0.25) is 0 Å². The van der Waals surface area contributed by atoms with Crippen LogP contribution in [0.3, 0.4) is 0 Å². The van der Waals surface area contributed by atoms with E-state index in [1.54, 1.807) is 14.2 Å². The van der Waals surface area contributed by atoms with Gasteiger partial charge in [-0.1, -0.05) is 36.3 Å². The zero-order valence-corrected chi connectivity index (χ0v) is 20.0. The number of terminal acetylenes is 2. The molecule has 1 atom stereocenters. The van der Waals surface area contributed by atoms with Crippen LogP contribution in [0, 0.1) is 24.7 Å². The summed E-state index contributed by atoms with van der Waals surface area (Å²) in [5.41, 5.74) is 3.69. The third-order valence-corrected chi connectivity index (χ3v) is 6.00. The molecular weight excluding hydrogens is 460 g/mol. The summed E-state index contributed by atoms with van der Waals surface area (Å²) in [5.74, 6) is 8.36. The van der Waals surface area contributed by atoms with Gasteiger partial charge in [0.1, 0.15) is 6.10 Å². The summed E-state index contributed by atoms with van der Waals surface area (Å²) >= 11 is 0. The maximum atomic E-state index is 6.23. The van der Waals surface area contributed by atoms with Gasteiger partial charge in [-0.25, -0.2) is 0 Å². The fourth-order valence-corrected chi connectivity index (χ4v) is 4.45. The van der Waals surface area contributed by atoms with Gasteiger partial charge < -0.3 is 33.2 Å². The second kappa shape index (κ2) is 10.0. The van der Waals surface area contributed by atoms with Gasteiger partial charge in [0.05, 0.1) is 20.8 Å². The molecule has 7 heteroatoms. The number of benzene rings is 3. The van der Waals surface area contributed by atoms with Crippen LogP contribution < -0.4 is 28.4 Å². The lowest BCUT2D eigenvalue weighted by Crippen LogP contribution is -2.08. The monoisotopic (exact) mass is 484 g/mol. The van der Waals surface area contributed by atoms with Crippen LogP contribution in [0.15, 0.2) is 42.5 Å². The van der Waals surface area contributed by atoms with E-state index in [9.17, 15) is 0 Å². The fourth-order valence-electron chi connectivity index (χ4n) is 4.45. The fraction of sp³-hybridized carbons (Fsp3) is 0.241. The van der Waals surface area contributed by atoms with Crippen molar-refractivity contribution in [2.45, 2.75) is 19.1 Å². The van der Waals surface area contributed by atoms with Crippen molar-refractivity contribution in [3.63, 3.8) is 0 Å². The molecular formula is C29H24O7. The minimum atomic E-state index is -0.752. The number of hydrogen-bond acceptors (Lipinski definition) is 7. The lowest BCUT2D eigenvalue weighted by atomic mass is 9.89. The van der Waals surface area contributed by atoms with Gasteiger partial charge in [-0.05, 0) is 23.3 Å². The molecule has 3 aromatic rings. The predicted octanol–water partition coefficient (Wildman–Crippen LogP) is 4.90. The summed E-state index contributed by atoms with van der Waals surface area (Å²) in [7, 11) is 3.12. The van der Waals surface area contributed by atoms with E-state index in [1.807, 2.05) is 42.5 Å². The van der Waals surface area contributed by atoms with Crippen molar-refractivity contribution in [2.24, 2.45) is 0 Å². The third-order valence-electron chi connectivity index (χ3n) is 6.00. The van der Waals surface area contributed by atoms with Gasteiger partial charge in [-0.15, -0.1) is 18.8 Å². The number of rotatable bonds is 8. The highest BCUT2D eigenvalue weighted by molar-refractivity contribution is 5.89. The minimum Gasteiger partial charge on any atom is -0.492 e. The van der Waals surface area contributed by atoms with E-state index >= 15 is 0 Å². The molecule has 0 radical (unpaired) electrons. The Labute approximate surface area is 209 Å². The Morgan fingerprint density at radius 3 is 2.11 bits per heavy atom. The second-order valence-corrected chi connectivity index (χ2v) is 8.01. The van der Waals surface area contributed by atoms with Crippen LogP contribution in [0.25, 0.3) is 11.1 Å². The van der Waals surface area contributed by atoms with E-state index in [-0.39, 0.29) is 13.6 Å². The standard InChI is InChI=1S/C29H24O7/c1-5-10-19-13-22-26(35-16-33-22)28(30-3)24(19)25-20(14-23-27(29(25)31-4)36-17-34-23)21(6-2)32-15-18-11-8-7-9-12-18/h1-2,7-9,11-14,21H,10,15-17H2,3-4H3/t21-/m0/s1. The molecule has 0 saturated carbocycles. The minimum absolute atomic E-state index is 0.0513. The lowest BCUT2D eigenvalue weighted by Gasteiger charge is -2.24. The maximum absolute atomic E-state index is 6.23. The molecule has 0 unspecified atom stereocenters. The molecule has 2 aliphatic rings. The lowest BCUT2D eigenvalue weighted by molar-refractivity contribution is 0.0783. The van der Waals surface area contributed by atoms with Crippen LogP contribution in [0.5, 0.6) is 34.5 Å². The van der Waals surface area contributed by atoms with Crippen molar-refractivity contribution >= 4 is 0 Å². The summed E-state index contributed by atoms with van der Waals surface area (Å²) < 4.78 is 40.8. The van der Waals surface area contributed by atoms with Crippen LogP contribution in [0.4, 0.5) is 0 Å². The Morgan fingerprint density at radius 2 is 1.50 bits per heavy atom. The molecule has 0 N–H and O–H groups in total. The molecule has 2 heterocycles. The molecule has 182 valence electrons. The van der Waals surface area contributed by atoms with Crippen molar-refractivity contribution in [1.82, 2.24) is 0 Å². The first-order valence-electron chi connectivity index (χ1n) is 11.3. The zero-order valence-electron chi connectivity index (χ0n) is 20.0. The van der Waals surface area contributed by atoms with E-state index in [0.717, 1.165) is 11.1 Å². The summed E-state index contributed by atoms with van der Waals surface area (Å²) in [4.78, 5) is 0. The van der Waals surface area contributed by atoms with Gasteiger partial charge in [0.2, 0.25) is 25.1 Å². The van der Waals surface area contributed by atoms with Crippen molar-refractivity contribution in [2.75, 3.05) is 27.8 Å². The zero-order chi connectivity index (χ0) is 25.1. The smallest absolute Gasteiger partial charge is 0.231 e. The number of ether oxygens (including phenoxy) is 7. The van der Waals surface area contributed by atoms with Crippen molar-refractivity contribution in [3.8, 4) is 70.3 Å². The molecule has 2 aliphatic heterocycles. The first kappa shape index (κ1) is 23.3. The van der Waals surface area contributed by atoms with E-state index in [1.165, 1.54) is 0 Å². The highest BCUT2D eigenvalue weighted by atomic mass is 16.7. The van der Waals surface area contributed by atoms with E-state index in [2.05, 4.69) is 11.8 Å². The first-order chi connectivity index (χ1) is 17.7. The molecule has 3 aromatic carbocycles. The topological polar surface area (TPSA) is 64.6 Å². The first-order valence-corrected chi connectivity index (χ1v) is 11.3. The average Bonchev–Trinajstić information content (AvgIpc) is 3.57. The summed E-state index contributed by atoms with van der Waals surface area (Å²) in [6.07, 6.45) is 11.3. The van der Waals surface area contributed by atoms with Gasteiger partial charge in [0, 0.05) is 23.1 Å². The quantitative estimate of drug-likeness (QED) is 0.422.